The van der Waals surface area contributed by atoms with E-state index < -0.39 is 0 Å². The topological polar surface area (TPSA) is 39.3 Å². The Kier molecular flexibility index (Phi) is 8.00. The predicted octanol–water partition coefficient (Wildman–Crippen LogP) is 1.56. The Morgan fingerprint density at radius 1 is 1.08 bits per heavy atom. The molecule has 0 atom stereocenters. The first-order chi connectivity index (χ1) is 12.4. The number of ether oxygens (including phenoxy) is 1. The van der Waals surface area contributed by atoms with Gasteiger partial charge in [0.05, 0.1) is 18.7 Å². The van der Waals surface area contributed by atoms with Crippen LogP contribution in [0.3, 0.4) is 0 Å². The molecule has 0 spiro atoms. The number of methoxy groups -OCH3 is 1. The number of carbonyl (C=O) groups is 1. The minimum Gasteiger partial charge on any atom is -0.495 e. The van der Waals surface area contributed by atoms with Crippen molar-refractivity contribution in [1.29, 1.82) is 0 Å². The van der Waals surface area contributed by atoms with Gasteiger partial charge in [-0.05, 0) is 14.0 Å². The van der Waals surface area contributed by atoms with E-state index in [4.69, 9.17) is 16.3 Å². The van der Waals surface area contributed by atoms with Gasteiger partial charge < -0.3 is 19.4 Å². The van der Waals surface area contributed by atoms with Crippen molar-refractivity contribution in [1.82, 2.24) is 19.6 Å². The van der Waals surface area contributed by atoms with Gasteiger partial charge in [0.25, 0.3) is 0 Å². The number of allylic oxidation sites excluding steroid dienone is 3. The summed E-state index contributed by atoms with van der Waals surface area (Å²) in [4.78, 5) is 21.4. The third-order valence-corrected chi connectivity index (χ3v) is 5.20. The molecule has 0 unspecified atom stereocenters. The van der Waals surface area contributed by atoms with Gasteiger partial charge >= 0.3 is 0 Å². The molecule has 0 aromatic heterocycles. The lowest BCUT2D eigenvalue weighted by Gasteiger charge is -2.38. The highest BCUT2D eigenvalue weighted by Crippen LogP contribution is 2.19. The van der Waals surface area contributed by atoms with Crippen molar-refractivity contribution in [2.24, 2.45) is 0 Å². The first kappa shape index (κ1) is 20.8. The van der Waals surface area contributed by atoms with Crippen molar-refractivity contribution in [3.63, 3.8) is 0 Å². The van der Waals surface area contributed by atoms with Crippen LogP contribution >= 0.6 is 11.6 Å². The van der Waals surface area contributed by atoms with Gasteiger partial charge in [-0.1, -0.05) is 24.3 Å². The number of rotatable bonds is 6. The second-order valence-corrected chi connectivity index (χ2v) is 7.23. The van der Waals surface area contributed by atoms with Gasteiger partial charge in [-0.25, -0.2) is 0 Å². The van der Waals surface area contributed by atoms with Crippen molar-refractivity contribution >= 4 is 17.5 Å². The van der Waals surface area contributed by atoms with Gasteiger partial charge in [0.1, 0.15) is 5.76 Å². The first-order valence-electron chi connectivity index (χ1n) is 9.15. The average Bonchev–Trinajstić information content (AvgIpc) is 2.64. The smallest absolute Gasteiger partial charge is 0.236 e. The molecule has 7 heteroatoms. The lowest BCUT2D eigenvalue weighted by atomic mass is 10.2. The fraction of sp³-hybridized carbons (Fsp3) is 0.632. The average molecular weight is 383 g/mol. The molecule has 0 aliphatic carbocycles. The zero-order valence-electron chi connectivity index (χ0n) is 16.2. The Morgan fingerprint density at radius 3 is 2.15 bits per heavy atom. The van der Waals surface area contributed by atoms with E-state index in [-0.39, 0.29) is 5.91 Å². The van der Waals surface area contributed by atoms with Crippen LogP contribution in [0.2, 0.25) is 0 Å². The number of amides is 1. The molecule has 0 N–H and O–H groups in total. The van der Waals surface area contributed by atoms with Gasteiger partial charge in [0.2, 0.25) is 5.91 Å². The van der Waals surface area contributed by atoms with Gasteiger partial charge in [-0.2, -0.15) is 0 Å². The van der Waals surface area contributed by atoms with Crippen molar-refractivity contribution in [2.45, 2.75) is 6.92 Å². The molecule has 2 saturated heterocycles. The summed E-state index contributed by atoms with van der Waals surface area (Å²) in [5, 5.41) is 0.382. The van der Waals surface area contributed by atoms with Crippen LogP contribution in [0.15, 0.2) is 35.2 Å². The van der Waals surface area contributed by atoms with E-state index in [1.807, 2.05) is 24.0 Å². The van der Waals surface area contributed by atoms with Gasteiger partial charge in [0, 0.05) is 64.1 Å². The Balaban J connectivity index is 1.85. The van der Waals surface area contributed by atoms with Crippen LogP contribution in [0.25, 0.3) is 0 Å². The van der Waals surface area contributed by atoms with Crippen LogP contribution in [0.5, 0.6) is 0 Å². The molecule has 146 valence electrons. The van der Waals surface area contributed by atoms with E-state index in [0.29, 0.717) is 17.3 Å². The number of carbonyl (C=O) groups excluding carboxylic acids is 1. The summed E-state index contributed by atoms with van der Waals surface area (Å²) in [5.74, 6) is 0.798. The van der Waals surface area contributed by atoms with Crippen LogP contribution in [-0.2, 0) is 9.53 Å². The summed E-state index contributed by atoms with van der Waals surface area (Å²) in [6, 6.07) is 0. The summed E-state index contributed by atoms with van der Waals surface area (Å²) in [6.45, 7) is 13.3. The lowest BCUT2D eigenvalue weighted by molar-refractivity contribution is -0.134. The fourth-order valence-electron chi connectivity index (χ4n) is 3.25. The Bertz CT molecular complexity index is 560. The zero-order chi connectivity index (χ0) is 19.1. The minimum absolute atomic E-state index is 0.235. The molecule has 2 rings (SSSR count). The van der Waals surface area contributed by atoms with Crippen LogP contribution in [0, 0.1) is 0 Å². The fourth-order valence-corrected chi connectivity index (χ4v) is 3.38. The van der Waals surface area contributed by atoms with Crippen LogP contribution in [0.4, 0.5) is 0 Å². The molecule has 2 fully saturated rings. The highest BCUT2D eigenvalue weighted by atomic mass is 35.5. The second-order valence-electron chi connectivity index (χ2n) is 6.78. The molecule has 0 aromatic carbocycles. The summed E-state index contributed by atoms with van der Waals surface area (Å²) >= 11 is 5.96. The lowest BCUT2D eigenvalue weighted by Crippen LogP contribution is -2.53. The molecular weight excluding hydrogens is 352 g/mol. The maximum absolute atomic E-state index is 12.6. The summed E-state index contributed by atoms with van der Waals surface area (Å²) < 4.78 is 5.27. The van der Waals surface area contributed by atoms with E-state index >= 15 is 0 Å². The van der Waals surface area contributed by atoms with Crippen molar-refractivity contribution < 1.29 is 9.53 Å². The van der Waals surface area contributed by atoms with Crippen molar-refractivity contribution in [3.05, 3.63) is 35.2 Å². The molecule has 26 heavy (non-hydrogen) atoms. The Hall–Kier alpha value is -1.50. The minimum atomic E-state index is 0.235. The molecule has 1 amide bonds. The quantitative estimate of drug-likeness (QED) is 0.515. The number of hydrogen-bond donors (Lipinski definition) is 0. The monoisotopic (exact) mass is 382 g/mol. The zero-order valence-corrected chi connectivity index (χ0v) is 17.0. The summed E-state index contributed by atoms with van der Waals surface area (Å²) in [7, 11) is 3.71. The molecule has 0 saturated carbocycles. The maximum Gasteiger partial charge on any atom is 0.236 e. The highest BCUT2D eigenvalue weighted by Gasteiger charge is 2.24. The van der Waals surface area contributed by atoms with Crippen LogP contribution in [-0.4, -0.2) is 98.6 Å². The highest BCUT2D eigenvalue weighted by molar-refractivity contribution is 6.31. The normalized spacial score (nSPS) is 21.1. The van der Waals surface area contributed by atoms with E-state index in [2.05, 4.69) is 28.3 Å². The summed E-state index contributed by atoms with van der Waals surface area (Å²) in [6.07, 6.45) is 3.93. The van der Waals surface area contributed by atoms with Crippen molar-refractivity contribution in [2.75, 3.05) is 73.1 Å². The molecule has 6 nitrogen and oxygen atoms in total. The molecule has 2 aliphatic heterocycles. The molecule has 0 bridgehead atoms. The van der Waals surface area contributed by atoms with E-state index in [1.54, 1.807) is 7.11 Å². The maximum atomic E-state index is 12.6. The number of likely N-dealkylation sites (N-methyl/N-ethyl adjacent to an activating group) is 1. The van der Waals surface area contributed by atoms with E-state index in [1.165, 1.54) is 0 Å². The predicted molar refractivity (Wildman–Crippen MR) is 106 cm³/mol. The molecule has 0 aromatic rings. The van der Waals surface area contributed by atoms with Gasteiger partial charge in [-0.15, -0.1) is 0 Å². The molecule has 2 heterocycles. The Morgan fingerprint density at radius 2 is 1.65 bits per heavy atom. The third-order valence-electron chi connectivity index (χ3n) is 5.01. The standard InChI is InChI=1S/C19H31ClN4O2/c1-5-17(14-18(26-4)16(2)20)23-10-12-24(13-11-23)19(25)15-22-8-6-21(3)7-9-22/h5,14H,2,6-13,15H2,1,3-4H3/b17-5+,18-14+. The number of nitrogens with zero attached hydrogens (tertiary/aromatic N) is 4. The number of piperazine rings is 2. The van der Waals surface area contributed by atoms with Crippen LogP contribution in [0.1, 0.15) is 6.92 Å². The molecule has 2 aliphatic rings. The SMILES string of the molecule is C=C(Cl)/C(=C\C(=C/C)N1CCN(C(=O)CN2CCN(C)CC2)CC1)OC. The largest absolute Gasteiger partial charge is 0.495 e. The molecular formula is C19H31ClN4O2. The third kappa shape index (κ3) is 5.76. The van der Waals surface area contributed by atoms with E-state index in [0.717, 1.165) is 58.1 Å². The van der Waals surface area contributed by atoms with Gasteiger partial charge in [0.15, 0.2) is 0 Å². The van der Waals surface area contributed by atoms with Gasteiger partial charge in [-0.3, -0.25) is 9.69 Å². The first-order valence-corrected chi connectivity index (χ1v) is 9.52. The Labute approximate surface area is 162 Å². The second kappa shape index (κ2) is 10.00. The summed E-state index contributed by atoms with van der Waals surface area (Å²) in [5.41, 5.74) is 1.04. The van der Waals surface area contributed by atoms with Crippen molar-refractivity contribution in [3.8, 4) is 0 Å². The number of hydrogen-bond acceptors (Lipinski definition) is 5. The molecule has 0 radical (unpaired) electrons. The van der Waals surface area contributed by atoms with E-state index in [9.17, 15) is 4.79 Å². The number of halogens is 1. The van der Waals surface area contributed by atoms with Crippen LogP contribution < -0.4 is 0 Å².